The standard InChI is InChI=1S/C22H21NO5/c24-21(23-14-19-10-6-12-26-19)15-28-22(25)16-27-20-11-5-4-9-18(20)13-17-7-2-1-3-8-17/h1-12H,13-16H2,(H,23,24). The molecule has 0 bridgehead atoms. The van der Waals surface area contributed by atoms with Gasteiger partial charge in [-0.2, -0.15) is 0 Å². The van der Waals surface area contributed by atoms with Crippen LogP contribution in [0.15, 0.2) is 77.4 Å². The Morgan fingerprint density at radius 1 is 0.893 bits per heavy atom. The molecule has 3 rings (SSSR count). The van der Waals surface area contributed by atoms with Crippen LogP contribution in [0.3, 0.4) is 0 Å². The van der Waals surface area contributed by atoms with Gasteiger partial charge in [0.25, 0.3) is 5.91 Å². The number of carbonyl (C=O) groups excluding carboxylic acids is 2. The van der Waals surface area contributed by atoms with E-state index in [2.05, 4.69) is 5.32 Å². The summed E-state index contributed by atoms with van der Waals surface area (Å²) < 4.78 is 15.7. The second-order valence-electron chi connectivity index (χ2n) is 6.08. The zero-order chi connectivity index (χ0) is 19.6. The maximum Gasteiger partial charge on any atom is 0.344 e. The minimum absolute atomic E-state index is 0.243. The number of hydrogen-bond donors (Lipinski definition) is 1. The van der Waals surface area contributed by atoms with E-state index in [0.717, 1.165) is 11.1 Å². The Morgan fingerprint density at radius 2 is 1.68 bits per heavy atom. The summed E-state index contributed by atoms with van der Waals surface area (Å²) >= 11 is 0. The molecule has 0 atom stereocenters. The molecule has 0 aliphatic heterocycles. The SMILES string of the molecule is O=C(COC(=O)COc1ccccc1Cc1ccccc1)NCc1ccco1. The molecule has 28 heavy (non-hydrogen) atoms. The molecule has 0 saturated carbocycles. The molecule has 0 unspecified atom stereocenters. The van der Waals surface area contributed by atoms with Gasteiger partial charge in [-0.25, -0.2) is 4.79 Å². The molecule has 1 amide bonds. The van der Waals surface area contributed by atoms with E-state index in [1.165, 1.54) is 6.26 Å². The van der Waals surface area contributed by atoms with Gasteiger partial charge in [0, 0.05) is 6.42 Å². The molecule has 0 saturated heterocycles. The van der Waals surface area contributed by atoms with Crippen molar-refractivity contribution < 1.29 is 23.5 Å². The number of ether oxygens (including phenoxy) is 2. The van der Waals surface area contributed by atoms with Gasteiger partial charge in [-0.3, -0.25) is 4.79 Å². The van der Waals surface area contributed by atoms with E-state index in [-0.39, 0.29) is 19.8 Å². The van der Waals surface area contributed by atoms with Gasteiger partial charge < -0.3 is 19.2 Å². The summed E-state index contributed by atoms with van der Waals surface area (Å²) in [6.45, 7) is -0.390. The lowest BCUT2D eigenvalue weighted by Crippen LogP contribution is -2.29. The molecular formula is C22H21NO5. The van der Waals surface area contributed by atoms with Crippen LogP contribution in [-0.2, 0) is 27.3 Å². The molecule has 144 valence electrons. The highest BCUT2D eigenvalue weighted by molar-refractivity contribution is 5.80. The van der Waals surface area contributed by atoms with Gasteiger partial charge in [0.15, 0.2) is 13.2 Å². The van der Waals surface area contributed by atoms with Crippen molar-refractivity contribution in [2.45, 2.75) is 13.0 Å². The lowest BCUT2D eigenvalue weighted by Gasteiger charge is -2.11. The van der Waals surface area contributed by atoms with Crippen molar-refractivity contribution in [3.63, 3.8) is 0 Å². The number of rotatable bonds is 9. The predicted molar refractivity (Wildman–Crippen MR) is 103 cm³/mol. The minimum atomic E-state index is -0.609. The molecule has 0 aliphatic rings. The monoisotopic (exact) mass is 379 g/mol. The molecule has 0 radical (unpaired) electrons. The van der Waals surface area contributed by atoms with Crippen LogP contribution in [0.5, 0.6) is 5.75 Å². The van der Waals surface area contributed by atoms with Crippen LogP contribution in [0.25, 0.3) is 0 Å². The maximum absolute atomic E-state index is 11.9. The van der Waals surface area contributed by atoms with E-state index in [4.69, 9.17) is 13.9 Å². The summed E-state index contributed by atoms with van der Waals surface area (Å²) in [6.07, 6.45) is 2.22. The Kier molecular flexibility index (Phi) is 6.84. The molecule has 6 heteroatoms. The van der Waals surface area contributed by atoms with Crippen molar-refractivity contribution in [3.8, 4) is 5.75 Å². The molecule has 0 fully saturated rings. The van der Waals surface area contributed by atoms with Gasteiger partial charge >= 0.3 is 5.97 Å². The third-order valence-corrected chi connectivity index (χ3v) is 3.96. The fourth-order valence-corrected chi connectivity index (χ4v) is 2.58. The second kappa shape index (κ2) is 9.97. The molecule has 3 aromatic rings. The fraction of sp³-hybridized carbons (Fsp3) is 0.182. The Labute approximate surface area is 163 Å². The molecular weight excluding hydrogens is 358 g/mol. The van der Waals surface area contributed by atoms with Gasteiger partial charge in [0.05, 0.1) is 12.8 Å². The average molecular weight is 379 g/mol. The van der Waals surface area contributed by atoms with Gasteiger partial charge in [-0.05, 0) is 29.3 Å². The number of benzene rings is 2. The summed E-state index contributed by atoms with van der Waals surface area (Å²) in [4.78, 5) is 23.6. The van der Waals surface area contributed by atoms with Crippen LogP contribution in [0.2, 0.25) is 0 Å². The summed E-state index contributed by atoms with van der Waals surface area (Å²) in [5, 5.41) is 2.60. The molecule has 1 heterocycles. The lowest BCUT2D eigenvalue weighted by molar-refractivity contribution is -0.150. The Bertz CT molecular complexity index is 890. The second-order valence-corrected chi connectivity index (χ2v) is 6.08. The number of nitrogens with one attached hydrogen (secondary N) is 1. The number of para-hydroxylation sites is 1. The smallest absolute Gasteiger partial charge is 0.344 e. The number of hydrogen-bond acceptors (Lipinski definition) is 5. The number of carbonyl (C=O) groups is 2. The number of amides is 1. The summed E-state index contributed by atoms with van der Waals surface area (Å²) in [6, 6.07) is 21.0. The van der Waals surface area contributed by atoms with Gasteiger partial charge in [0.1, 0.15) is 11.5 Å². The summed E-state index contributed by atoms with van der Waals surface area (Å²) in [7, 11) is 0. The highest BCUT2D eigenvalue weighted by Crippen LogP contribution is 2.21. The third-order valence-electron chi connectivity index (χ3n) is 3.96. The number of furan rings is 1. The van der Waals surface area contributed by atoms with Crippen LogP contribution in [0.4, 0.5) is 0 Å². The van der Waals surface area contributed by atoms with E-state index in [1.54, 1.807) is 12.1 Å². The molecule has 0 aliphatic carbocycles. The predicted octanol–water partition coefficient (Wildman–Crippen LogP) is 3.11. The van der Waals surface area contributed by atoms with Crippen LogP contribution in [0.1, 0.15) is 16.9 Å². The average Bonchev–Trinajstić information content (AvgIpc) is 3.24. The first-order chi connectivity index (χ1) is 13.7. The summed E-state index contributed by atoms with van der Waals surface area (Å²) in [5.41, 5.74) is 2.12. The first kappa shape index (κ1) is 19.2. The fourth-order valence-electron chi connectivity index (χ4n) is 2.58. The van der Waals surface area contributed by atoms with Crippen LogP contribution in [0, 0.1) is 0 Å². The van der Waals surface area contributed by atoms with Crippen LogP contribution < -0.4 is 10.1 Å². The van der Waals surface area contributed by atoms with E-state index >= 15 is 0 Å². The highest BCUT2D eigenvalue weighted by Gasteiger charge is 2.11. The van der Waals surface area contributed by atoms with Crippen molar-refractivity contribution in [3.05, 3.63) is 89.9 Å². The normalized spacial score (nSPS) is 10.3. The van der Waals surface area contributed by atoms with Crippen molar-refractivity contribution in [2.24, 2.45) is 0 Å². The third kappa shape index (κ3) is 6.02. The number of esters is 1. The lowest BCUT2D eigenvalue weighted by atomic mass is 10.0. The zero-order valence-electron chi connectivity index (χ0n) is 15.3. The highest BCUT2D eigenvalue weighted by atomic mass is 16.6. The van der Waals surface area contributed by atoms with E-state index < -0.39 is 11.9 Å². The van der Waals surface area contributed by atoms with Gasteiger partial charge in [-0.1, -0.05) is 48.5 Å². The first-order valence-electron chi connectivity index (χ1n) is 8.90. The Hall–Kier alpha value is -3.54. The zero-order valence-corrected chi connectivity index (χ0v) is 15.3. The Balaban J connectivity index is 1.43. The molecule has 1 aromatic heterocycles. The van der Waals surface area contributed by atoms with Crippen molar-refractivity contribution >= 4 is 11.9 Å². The van der Waals surface area contributed by atoms with Crippen LogP contribution >= 0.6 is 0 Å². The Morgan fingerprint density at radius 3 is 2.46 bits per heavy atom. The largest absolute Gasteiger partial charge is 0.482 e. The van der Waals surface area contributed by atoms with E-state index in [1.807, 2.05) is 54.6 Å². The van der Waals surface area contributed by atoms with Gasteiger partial charge in [0.2, 0.25) is 0 Å². The molecule has 0 spiro atoms. The van der Waals surface area contributed by atoms with Crippen molar-refractivity contribution in [1.29, 1.82) is 0 Å². The van der Waals surface area contributed by atoms with Crippen molar-refractivity contribution in [1.82, 2.24) is 5.32 Å². The molecule has 2 aromatic carbocycles. The van der Waals surface area contributed by atoms with E-state index in [9.17, 15) is 9.59 Å². The molecule has 6 nitrogen and oxygen atoms in total. The van der Waals surface area contributed by atoms with Gasteiger partial charge in [-0.15, -0.1) is 0 Å². The first-order valence-corrected chi connectivity index (χ1v) is 8.90. The maximum atomic E-state index is 11.9. The quantitative estimate of drug-likeness (QED) is 0.578. The van der Waals surface area contributed by atoms with E-state index in [0.29, 0.717) is 17.9 Å². The molecule has 1 N–H and O–H groups in total. The van der Waals surface area contributed by atoms with Crippen LogP contribution in [-0.4, -0.2) is 25.1 Å². The van der Waals surface area contributed by atoms with Crippen molar-refractivity contribution in [2.75, 3.05) is 13.2 Å². The summed E-state index contributed by atoms with van der Waals surface area (Å²) in [5.74, 6) is 0.223. The topological polar surface area (TPSA) is 77.8 Å². The minimum Gasteiger partial charge on any atom is -0.482 e.